The molecule has 0 aliphatic carbocycles. The fraction of sp³-hybridized carbons (Fsp3) is 0.200. The van der Waals surface area contributed by atoms with Crippen LogP contribution in [0.3, 0.4) is 0 Å². The molecule has 0 unspecified atom stereocenters. The van der Waals surface area contributed by atoms with Crippen LogP contribution in [-0.4, -0.2) is 12.5 Å². The van der Waals surface area contributed by atoms with Crippen molar-refractivity contribution >= 4 is 11.6 Å². The van der Waals surface area contributed by atoms with E-state index in [1.807, 2.05) is 24.3 Å². The molecular weight excluding hydrogens is 317 g/mol. The Morgan fingerprint density at radius 2 is 1.80 bits per heavy atom. The second kappa shape index (κ2) is 9.89. The average Bonchev–Trinajstić information content (AvgIpc) is 2.64. The molecule has 0 saturated heterocycles. The lowest BCUT2D eigenvalue weighted by Gasteiger charge is -2.05. The van der Waals surface area contributed by atoms with Gasteiger partial charge in [0.05, 0.1) is 0 Å². The fourth-order valence-electron chi connectivity index (χ4n) is 2.26. The SMILES string of the molecule is N#C/C(=C/NCCCCc1ccccc1)C(=O)Nc1ccc(F)cc1. The van der Waals surface area contributed by atoms with Gasteiger partial charge in [0.15, 0.2) is 0 Å². The second-order valence-corrected chi connectivity index (χ2v) is 5.53. The predicted octanol–water partition coefficient (Wildman–Crippen LogP) is 3.78. The summed E-state index contributed by atoms with van der Waals surface area (Å²) in [7, 11) is 0. The Labute approximate surface area is 147 Å². The number of benzene rings is 2. The summed E-state index contributed by atoms with van der Waals surface area (Å²) in [5.74, 6) is -0.905. The highest BCUT2D eigenvalue weighted by Crippen LogP contribution is 2.09. The van der Waals surface area contributed by atoms with E-state index in [4.69, 9.17) is 5.26 Å². The molecule has 0 atom stereocenters. The third-order valence-electron chi connectivity index (χ3n) is 3.59. The molecule has 25 heavy (non-hydrogen) atoms. The zero-order chi connectivity index (χ0) is 17.9. The largest absolute Gasteiger partial charge is 0.390 e. The van der Waals surface area contributed by atoms with Crippen LogP contribution in [0.15, 0.2) is 66.4 Å². The minimum atomic E-state index is -0.522. The van der Waals surface area contributed by atoms with E-state index < -0.39 is 5.91 Å². The Morgan fingerprint density at radius 3 is 2.48 bits per heavy atom. The monoisotopic (exact) mass is 337 g/mol. The van der Waals surface area contributed by atoms with Crippen molar-refractivity contribution in [2.24, 2.45) is 0 Å². The van der Waals surface area contributed by atoms with Gasteiger partial charge in [-0.1, -0.05) is 30.3 Å². The molecule has 0 radical (unpaired) electrons. The van der Waals surface area contributed by atoms with E-state index in [0.717, 1.165) is 19.3 Å². The number of hydrogen-bond donors (Lipinski definition) is 2. The van der Waals surface area contributed by atoms with Gasteiger partial charge in [0, 0.05) is 18.4 Å². The average molecular weight is 337 g/mol. The first-order valence-electron chi connectivity index (χ1n) is 8.13. The number of nitrogens with one attached hydrogen (secondary N) is 2. The fourth-order valence-corrected chi connectivity index (χ4v) is 2.26. The molecule has 0 spiro atoms. The van der Waals surface area contributed by atoms with Crippen LogP contribution in [0, 0.1) is 17.1 Å². The summed E-state index contributed by atoms with van der Waals surface area (Å²) in [5, 5.41) is 14.6. The first kappa shape index (κ1) is 18.2. The standard InChI is InChI=1S/C20H20FN3O/c21-18-9-11-19(12-10-18)24-20(25)17(14-22)15-23-13-5-4-8-16-6-2-1-3-7-16/h1-3,6-7,9-12,15,23H,4-5,8,13H2,(H,24,25)/b17-15-. The zero-order valence-corrected chi connectivity index (χ0v) is 13.8. The molecule has 0 heterocycles. The van der Waals surface area contributed by atoms with Gasteiger partial charge in [-0.3, -0.25) is 4.79 Å². The minimum absolute atomic E-state index is 0.0209. The summed E-state index contributed by atoms with van der Waals surface area (Å²) in [6.07, 6.45) is 4.38. The molecule has 2 aromatic carbocycles. The minimum Gasteiger partial charge on any atom is -0.390 e. The molecule has 1 amide bonds. The quantitative estimate of drug-likeness (QED) is 0.438. The summed E-state index contributed by atoms with van der Waals surface area (Å²) >= 11 is 0. The Bertz CT molecular complexity index is 749. The van der Waals surface area contributed by atoms with Crippen LogP contribution in [0.2, 0.25) is 0 Å². The normalized spacial score (nSPS) is 10.8. The molecule has 0 fully saturated rings. The van der Waals surface area contributed by atoms with E-state index in [1.165, 1.54) is 36.0 Å². The lowest BCUT2D eigenvalue weighted by atomic mass is 10.1. The van der Waals surface area contributed by atoms with Gasteiger partial charge >= 0.3 is 0 Å². The number of anilines is 1. The molecule has 2 rings (SSSR count). The smallest absolute Gasteiger partial charge is 0.267 e. The van der Waals surface area contributed by atoms with Crippen molar-refractivity contribution in [2.45, 2.75) is 19.3 Å². The predicted molar refractivity (Wildman–Crippen MR) is 96.1 cm³/mol. The maximum absolute atomic E-state index is 12.8. The van der Waals surface area contributed by atoms with Crippen LogP contribution in [0.5, 0.6) is 0 Å². The van der Waals surface area contributed by atoms with E-state index in [2.05, 4.69) is 22.8 Å². The van der Waals surface area contributed by atoms with Crippen molar-refractivity contribution in [1.29, 1.82) is 5.26 Å². The number of halogens is 1. The third-order valence-corrected chi connectivity index (χ3v) is 3.59. The number of rotatable bonds is 8. The molecule has 0 aliphatic rings. The van der Waals surface area contributed by atoms with Crippen LogP contribution < -0.4 is 10.6 Å². The van der Waals surface area contributed by atoms with E-state index in [-0.39, 0.29) is 11.4 Å². The van der Waals surface area contributed by atoms with Gasteiger partial charge in [0.2, 0.25) is 0 Å². The van der Waals surface area contributed by atoms with E-state index in [0.29, 0.717) is 12.2 Å². The molecule has 128 valence electrons. The Morgan fingerprint density at radius 1 is 1.08 bits per heavy atom. The first-order valence-corrected chi connectivity index (χ1v) is 8.13. The number of carbonyl (C=O) groups is 1. The highest BCUT2D eigenvalue weighted by atomic mass is 19.1. The summed E-state index contributed by atoms with van der Waals surface area (Å²) < 4.78 is 12.8. The highest BCUT2D eigenvalue weighted by molar-refractivity contribution is 6.06. The van der Waals surface area contributed by atoms with Crippen LogP contribution in [0.25, 0.3) is 0 Å². The lowest BCUT2D eigenvalue weighted by molar-refractivity contribution is -0.112. The van der Waals surface area contributed by atoms with Gasteiger partial charge in [-0.2, -0.15) is 5.26 Å². The first-order chi connectivity index (χ1) is 12.2. The number of nitrogens with zero attached hydrogens (tertiary/aromatic N) is 1. The van der Waals surface area contributed by atoms with Crippen LogP contribution in [-0.2, 0) is 11.2 Å². The molecule has 0 saturated carbocycles. The Kier molecular flexibility index (Phi) is 7.20. The molecule has 4 nitrogen and oxygen atoms in total. The van der Waals surface area contributed by atoms with Gasteiger partial charge in [-0.05, 0) is 49.1 Å². The molecule has 0 aromatic heterocycles. The molecule has 5 heteroatoms. The lowest BCUT2D eigenvalue weighted by Crippen LogP contribution is -2.17. The second-order valence-electron chi connectivity index (χ2n) is 5.53. The molecular formula is C20H20FN3O. The van der Waals surface area contributed by atoms with Gasteiger partial charge in [-0.25, -0.2) is 4.39 Å². The van der Waals surface area contributed by atoms with Gasteiger partial charge < -0.3 is 10.6 Å². The molecule has 2 aromatic rings. The number of carbonyl (C=O) groups excluding carboxylic acids is 1. The molecule has 0 bridgehead atoms. The number of amides is 1. The van der Waals surface area contributed by atoms with Gasteiger partial charge in [-0.15, -0.1) is 0 Å². The summed E-state index contributed by atoms with van der Waals surface area (Å²) in [4.78, 5) is 12.0. The van der Waals surface area contributed by atoms with Gasteiger partial charge in [0.1, 0.15) is 17.5 Å². The van der Waals surface area contributed by atoms with Crippen molar-refractivity contribution in [3.05, 3.63) is 77.8 Å². The van der Waals surface area contributed by atoms with Crippen LogP contribution in [0.4, 0.5) is 10.1 Å². The van der Waals surface area contributed by atoms with Crippen molar-refractivity contribution in [3.63, 3.8) is 0 Å². The van der Waals surface area contributed by atoms with Crippen molar-refractivity contribution in [1.82, 2.24) is 5.32 Å². The van der Waals surface area contributed by atoms with Gasteiger partial charge in [0.25, 0.3) is 5.91 Å². The molecule has 2 N–H and O–H groups in total. The van der Waals surface area contributed by atoms with Crippen molar-refractivity contribution < 1.29 is 9.18 Å². The summed E-state index contributed by atoms with van der Waals surface area (Å²) in [5.41, 5.74) is 1.72. The zero-order valence-electron chi connectivity index (χ0n) is 13.8. The topological polar surface area (TPSA) is 64.9 Å². The Hall–Kier alpha value is -3.13. The van der Waals surface area contributed by atoms with Crippen LogP contribution in [0.1, 0.15) is 18.4 Å². The number of unbranched alkanes of at least 4 members (excludes halogenated alkanes) is 1. The number of aryl methyl sites for hydroxylation is 1. The van der Waals surface area contributed by atoms with Crippen molar-refractivity contribution in [2.75, 3.05) is 11.9 Å². The number of hydrogen-bond acceptors (Lipinski definition) is 3. The maximum atomic E-state index is 12.8. The van der Waals surface area contributed by atoms with E-state index in [9.17, 15) is 9.18 Å². The van der Waals surface area contributed by atoms with E-state index >= 15 is 0 Å². The highest BCUT2D eigenvalue weighted by Gasteiger charge is 2.08. The maximum Gasteiger partial charge on any atom is 0.267 e. The van der Waals surface area contributed by atoms with E-state index in [1.54, 1.807) is 0 Å². The Balaban J connectivity index is 1.73. The summed E-state index contributed by atoms with van der Waals surface area (Å²) in [6, 6.07) is 17.5. The third kappa shape index (κ3) is 6.48. The van der Waals surface area contributed by atoms with Crippen molar-refractivity contribution in [3.8, 4) is 6.07 Å². The molecule has 0 aliphatic heterocycles. The number of nitriles is 1. The summed E-state index contributed by atoms with van der Waals surface area (Å²) in [6.45, 7) is 0.682. The van der Waals surface area contributed by atoms with Crippen LogP contribution >= 0.6 is 0 Å².